The van der Waals surface area contributed by atoms with Crippen LogP contribution in [0.5, 0.6) is 0 Å². The third kappa shape index (κ3) is 25.4. The van der Waals surface area contributed by atoms with Crippen molar-refractivity contribution in [3.8, 4) is 0 Å². The summed E-state index contributed by atoms with van der Waals surface area (Å²) in [6.07, 6.45) is 8.78. The third-order valence-electron chi connectivity index (χ3n) is 5.81. The molecule has 0 saturated heterocycles. The average molecular weight is 585 g/mol. The van der Waals surface area contributed by atoms with Crippen LogP contribution < -0.4 is 0 Å². The first-order valence-electron chi connectivity index (χ1n) is 15.1. The van der Waals surface area contributed by atoms with Gasteiger partial charge in [-0.25, -0.2) is 4.79 Å². The van der Waals surface area contributed by atoms with Crippen molar-refractivity contribution in [3.63, 3.8) is 0 Å². The first-order valence-corrected chi connectivity index (χ1v) is 15.1. The molecule has 0 aromatic heterocycles. The van der Waals surface area contributed by atoms with Gasteiger partial charge in [-0.3, -0.25) is 4.79 Å². The molecule has 0 unspecified atom stereocenters. The lowest BCUT2D eigenvalue weighted by atomic mass is 10.1. The molecular formula is C31H52O10. The SMILES string of the molecule is CCCCCCCCCC(=O)OCCOCCOCCOCCOCCOCCOCCOC(=O)c1ccccc1. The van der Waals surface area contributed by atoms with Crippen molar-refractivity contribution in [2.24, 2.45) is 0 Å². The van der Waals surface area contributed by atoms with Gasteiger partial charge in [-0.05, 0) is 18.6 Å². The number of rotatable bonds is 30. The fourth-order valence-corrected chi connectivity index (χ4v) is 3.57. The monoisotopic (exact) mass is 584 g/mol. The lowest BCUT2D eigenvalue weighted by molar-refractivity contribution is -0.145. The van der Waals surface area contributed by atoms with Gasteiger partial charge in [0.1, 0.15) is 13.2 Å². The van der Waals surface area contributed by atoms with Crippen LogP contribution in [0.25, 0.3) is 0 Å². The zero-order chi connectivity index (χ0) is 29.5. The van der Waals surface area contributed by atoms with Gasteiger partial charge in [-0.15, -0.1) is 0 Å². The second kappa shape index (κ2) is 29.4. The molecule has 0 aliphatic heterocycles. The molecule has 0 aliphatic rings. The van der Waals surface area contributed by atoms with Gasteiger partial charge in [0.15, 0.2) is 0 Å². The number of hydrogen-bond donors (Lipinski definition) is 0. The van der Waals surface area contributed by atoms with E-state index in [0.29, 0.717) is 91.3 Å². The molecule has 0 atom stereocenters. The molecule has 1 aromatic rings. The molecule has 0 amide bonds. The van der Waals surface area contributed by atoms with Crippen LogP contribution in [-0.2, 0) is 42.7 Å². The van der Waals surface area contributed by atoms with Crippen molar-refractivity contribution in [1.82, 2.24) is 0 Å². The normalized spacial score (nSPS) is 11.0. The van der Waals surface area contributed by atoms with Crippen LogP contribution >= 0.6 is 0 Å². The highest BCUT2D eigenvalue weighted by Gasteiger charge is 2.05. The quantitative estimate of drug-likeness (QED) is 0.0938. The minimum Gasteiger partial charge on any atom is -0.463 e. The third-order valence-corrected chi connectivity index (χ3v) is 5.81. The second-order valence-corrected chi connectivity index (χ2v) is 9.27. The maximum atomic E-state index is 11.8. The van der Waals surface area contributed by atoms with Gasteiger partial charge in [0.25, 0.3) is 0 Å². The van der Waals surface area contributed by atoms with Gasteiger partial charge in [0.05, 0.1) is 84.8 Å². The molecule has 0 fully saturated rings. The highest BCUT2D eigenvalue weighted by Crippen LogP contribution is 2.08. The van der Waals surface area contributed by atoms with Gasteiger partial charge in [0, 0.05) is 6.42 Å². The number of carbonyl (C=O) groups is 2. The van der Waals surface area contributed by atoms with E-state index in [9.17, 15) is 9.59 Å². The summed E-state index contributed by atoms with van der Waals surface area (Å²) in [5.41, 5.74) is 0.525. The van der Waals surface area contributed by atoms with Gasteiger partial charge >= 0.3 is 11.9 Å². The maximum absolute atomic E-state index is 11.8. The van der Waals surface area contributed by atoms with Crippen molar-refractivity contribution in [2.45, 2.75) is 58.3 Å². The summed E-state index contributed by atoms with van der Waals surface area (Å²) >= 11 is 0. The van der Waals surface area contributed by atoms with E-state index in [-0.39, 0.29) is 25.2 Å². The standard InChI is InChI=1S/C31H52O10/c1-2-3-4-5-6-7-11-14-30(32)40-27-25-38-23-21-36-19-17-34-15-16-35-18-20-37-22-24-39-26-28-41-31(33)29-12-9-8-10-13-29/h8-10,12-13H,2-7,11,14-28H2,1H3. The summed E-state index contributed by atoms with van der Waals surface area (Å²) in [6.45, 7) is 8.03. The summed E-state index contributed by atoms with van der Waals surface area (Å²) in [5.74, 6) is -0.500. The zero-order valence-electron chi connectivity index (χ0n) is 25.0. The topological polar surface area (TPSA) is 108 Å². The first-order chi connectivity index (χ1) is 20.2. The summed E-state index contributed by atoms with van der Waals surface area (Å²) in [4.78, 5) is 23.4. The number of unbranched alkanes of at least 4 members (excludes halogenated alkanes) is 6. The molecule has 10 nitrogen and oxygen atoms in total. The maximum Gasteiger partial charge on any atom is 0.338 e. The Kier molecular flexibility index (Phi) is 26.5. The molecular weight excluding hydrogens is 532 g/mol. The molecule has 0 N–H and O–H groups in total. The van der Waals surface area contributed by atoms with E-state index in [1.54, 1.807) is 24.3 Å². The van der Waals surface area contributed by atoms with Crippen LogP contribution in [-0.4, -0.2) is 104 Å². The Morgan fingerprint density at radius 3 is 1.34 bits per heavy atom. The predicted molar refractivity (Wildman–Crippen MR) is 155 cm³/mol. The van der Waals surface area contributed by atoms with Crippen LogP contribution in [0.3, 0.4) is 0 Å². The number of ether oxygens (including phenoxy) is 8. The van der Waals surface area contributed by atoms with Crippen molar-refractivity contribution >= 4 is 11.9 Å². The van der Waals surface area contributed by atoms with Gasteiger partial charge in [0.2, 0.25) is 0 Å². The number of benzene rings is 1. The smallest absolute Gasteiger partial charge is 0.338 e. The lowest BCUT2D eigenvalue weighted by Crippen LogP contribution is -2.15. The van der Waals surface area contributed by atoms with Crippen molar-refractivity contribution in [3.05, 3.63) is 35.9 Å². The Balaban J connectivity index is 1.69. The Hall–Kier alpha value is -2.08. The van der Waals surface area contributed by atoms with E-state index in [1.807, 2.05) is 6.07 Å². The minimum atomic E-state index is -0.356. The Morgan fingerprint density at radius 2 is 0.878 bits per heavy atom. The van der Waals surface area contributed by atoms with Gasteiger partial charge in [-0.1, -0.05) is 63.6 Å². The number of hydrogen-bond acceptors (Lipinski definition) is 10. The van der Waals surface area contributed by atoms with E-state index in [2.05, 4.69) is 6.92 Å². The van der Waals surface area contributed by atoms with Crippen LogP contribution in [0.15, 0.2) is 30.3 Å². The minimum absolute atomic E-state index is 0.144. The highest BCUT2D eigenvalue weighted by atomic mass is 16.6. The van der Waals surface area contributed by atoms with E-state index in [4.69, 9.17) is 37.9 Å². The summed E-state index contributed by atoms with van der Waals surface area (Å²) < 4.78 is 42.9. The molecule has 236 valence electrons. The van der Waals surface area contributed by atoms with Crippen LogP contribution in [0.4, 0.5) is 0 Å². The summed E-state index contributed by atoms with van der Waals surface area (Å²) in [7, 11) is 0. The fourth-order valence-electron chi connectivity index (χ4n) is 3.57. The summed E-state index contributed by atoms with van der Waals surface area (Å²) in [6, 6.07) is 8.85. The van der Waals surface area contributed by atoms with E-state index < -0.39 is 0 Å². The van der Waals surface area contributed by atoms with Crippen LogP contribution in [0.1, 0.15) is 68.6 Å². The molecule has 0 radical (unpaired) electrons. The lowest BCUT2D eigenvalue weighted by Gasteiger charge is -2.09. The molecule has 0 heterocycles. The molecule has 0 bridgehead atoms. The molecule has 0 spiro atoms. The number of esters is 2. The van der Waals surface area contributed by atoms with E-state index >= 15 is 0 Å². The Labute approximate surface area is 246 Å². The second-order valence-electron chi connectivity index (χ2n) is 9.27. The highest BCUT2D eigenvalue weighted by molar-refractivity contribution is 5.89. The van der Waals surface area contributed by atoms with Crippen LogP contribution in [0, 0.1) is 0 Å². The average Bonchev–Trinajstić information content (AvgIpc) is 2.99. The summed E-state index contributed by atoms with van der Waals surface area (Å²) in [5, 5.41) is 0. The van der Waals surface area contributed by atoms with Crippen molar-refractivity contribution in [2.75, 3.05) is 92.5 Å². The van der Waals surface area contributed by atoms with Crippen LogP contribution in [0.2, 0.25) is 0 Å². The molecule has 1 aromatic carbocycles. The van der Waals surface area contributed by atoms with E-state index in [0.717, 1.165) is 12.8 Å². The van der Waals surface area contributed by atoms with E-state index in [1.165, 1.54) is 32.1 Å². The van der Waals surface area contributed by atoms with Crippen molar-refractivity contribution < 1.29 is 47.5 Å². The first kappa shape index (κ1) is 36.9. The fraction of sp³-hybridized carbons (Fsp3) is 0.742. The Bertz CT molecular complexity index is 716. The molecule has 41 heavy (non-hydrogen) atoms. The largest absolute Gasteiger partial charge is 0.463 e. The predicted octanol–water partition coefficient (Wildman–Crippen LogP) is 4.63. The molecule has 0 saturated carbocycles. The Morgan fingerprint density at radius 1 is 0.488 bits per heavy atom. The van der Waals surface area contributed by atoms with Gasteiger partial charge < -0.3 is 37.9 Å². The molecule has 10 heteroatoms. The molecule has 0 aliphatic carbocycles. The van der Waals surface area contributed by atoms with Crippen molar-refractivity contribution in [1.29, 1.82) is 0 Å². The zero-order valence-corrected chi connectivity index (χ0v) is 25.0. The number of carbonyl (C=O) groups excluding carboxylic acids is 2. The van der Waals surface area contributed by atoms with Gasteiger partial charge in [-0.2, -0.15) is 0 Å². The molecule has 1 rings (SSSR count).